The molecule has 6 nitrogen and oxygen atoms in total. The van der Waals surface area contributed by atoms with Crippen molar-refractivity contribution in [3.05, 3.63) is 30.1 Å². The minimum Gasteiger partial charge on any atom is -0.466 e. The van der Waals surface area contributed by atoms with Crippen molar-refractivity contribution in [3.8, 4) is 0 Å². The summed E-state index contributed by atoms with van der Waals surface area (Å²) < 4.78 is 4.97. The number of esters is 1. The number of aromatic nitrogens is 1. The summed E-state index contributed by atoms with van der Waals surface area (Å²) in [5, 5.41) is 0. The Hall–Kier alpha value is -1.95. The fourth-order valence-corrected chi connectivity index (χ4v) is 3.09. The number of likely N-dealkylation sites (tertiary alicyclic amines) is 1. The molecule has 0 aromatic carbocycles. The Morgan fingerprint density at radius 3 is 2.72 bits per heavy atom. The second-order valence-electron chi connectivity index (χ2n) is 6.34. The fraction of sp³-hybridized carbons (Fsp3) is 0.632. The Balaban J connectivity index is 1.84. The molecule has 0 aliphatic carbocycles. The zero-order valence-electron chi connectivity index (χ0n) is 15.2. The van der Waals surface area contributed by atoms with Gasteiger partial charge in [0.15, 0.2) is 0 Å². The van der Waals surface area contributed by atoms with Gasteiger partial charge in [-0.2, -0.15) is 0 Å². The third-order valence-electron chi connectivity index (χ3n) is 4.44. The van der Waals surface area contributed by atoms with Crippen molar-refractivity contribution in [3.63, 3.8) is 0 Å². The Morgan fingerprint density at radius 2 is 2.04 bits per heavy atom. The number of amides is 1. The van der Waals surface area contributed by atoms with E-state index in [1.807, 2.05) is 0 Å². The summed E-state index contributed by atoms with van der Waals surface area (Å²) in [6, 6.07) is 3.51. The summed E-state index contributed by atoms with van der Waals surface area (Å²) in [6.45, 7) is 6.67. The minimum atomic E-state index is -0.261. The minimum absolute atomic E-state index is 0.0708. The van der Waals surface area contributed by atoms with Gasteiger partial charge in [-0.05, 0) is 64.4 Å². The van der Waals surface area contributed by atoms with E-state index in [0.717, 1.165) is 19.4 Å². The number of hydrogen-bond donors (Lipinski definition) is 0. The van der Waals surface area contributed by atoms with Gasteiger partial charge < -0.3 is 14.5 Å². The number of rotatable bonds is 10. The van der Waals surface area contributed by atoms with Crippen LogP contribution in [0.15, 0.2) is 24.5 Å². The van der Waals surface area contributed by atoms with Gasteiger partial charge in [0.25, 0.3) is 5.91 Å². The highest BCUT2D eigenvalue weighted by molar-refractivity contribution is 5.94. The lowest BCUT2D eigenvalue weighted by molar-refractivity contribution is -0.143. The second kappa shape index (κ2) is 10.8. The van der Waals surface area contributed by atoms with Crippen molar-refractivity contribution in [2.75, 3.05) is 39.3 Å². The Kier molecular flexibility index (Phi) is 8.39. The average molecular weight is 347 g/mol. The molecular formula is C19H29N3O3. The zero-order chi connectivity index (χ0) is 17.9. The molecule has 0 saturated carbocycles. The topological polar surface area (TPSA) is 62.7 Å². The van der Waals surface area contributed by atoms with Gasteiger partial charge in [0.2, 0.25) is 0 Å². The maximum Gasteiger partial charge on any atom is 0.307 e. The standard InChI is InChI=1S/C19H29N3O3/c1-2-25-18(23)9-15-22(19(24)17-8-7-10-20-16-17)14-6-5-13-21-11-3-4-12-21/h7-8,10,16H,2-6,9,11-15H2,1H3. The van der Waals surface area contributed by atoms with Gasteiger partial charge in [0.05, 0.1) is 18.6 Å². The van der Waals surface area contributed by atoms with Crippen LogP contribution in [0, 0.1) is 0 Å². The van der Waals surface area contributed by atoms with Gasteiger partial charge in [-0.15, -0.1) is 0 Å². The summed E-state index contributed by atoms with van der Waals surface area (Å²) >= 11 is 0. The van der Waals surface area contributed by atoms with Crippen LogP contribution in [-0.2, 0) is 9.53 Å². The van der Waals surface area contributed by atoms with Crippen LogP contribution in [0.25, 0.3) is 0 Å². The summed E-state index contributed by atoms with van der Waals surface area (Å²) in [5.41, 5.74) is 0.561. The van der Waals surface area contributed by atoms with Gasteiger partial charge in [-0.25, -0.2) is 0 Å². The van der Waals surface area contributed by atoms with Crippen molar-refractivity contribution < 1.29 is 14.3 Å². The van der Waals surface area contributed by atoms with Crippen LogP contribution in [-0.4, -0.2) is 66.0 Å². The Bertz CT molecular complexity index is 530. The largest absolute Gasteiger partial charge is 0.466 e. The molecule has 1 aliphatic rings. The predicted molar refractivity (Wildman–Crippen MR) is 96.3 cm³/mol. The second-order valence-corrected chi connectivity index (χ2v) is 6.34. The maximum atomic E-state index is 12.7. The third kappa shape index (κ3) is 6.82. The number of carbonyl (C=O) groups excluding carboxylic acids is 2. The van der Waals surface area contributed by atoms with Crippen LogP contribution >= 0.6 is 0 Å². The molecule has 1 fully saturated rings. The molecule has 2 heterocycles. The molecule has 1 aromatic heterocycles. The summed E-state index contributed by atoms with van der Waals surface area (Å²) in [7, 11) is 0. The molecule has 0 N–H and O–H groups in total. The van der Waals surface area contributed by atoms with E-state index in [9.17, 15) is 9.59 Å². The van der Waals surface area contributed by atoms with E-state index in [4.69, 9.17) is 4.74 Å². The molecule has 25 heavy (non-hydrogen) atoms. The normalized spacial score (nSPS) is 14.4. The SMILES string of the molecule is CCOC(=O)CCN(CCCCN1CCCC1)C(=O)c1cccnc1. The highest BCUT2D eigenvalue weighted by Crippen LogP contribution is 2.10. The monoisotopic (exact) mass is 347 g/mol. The highest BCUT2D eigenvalue weighted by atomic mass is 16.5. The quantitative estimate of drug-likeness (QED) is 0.480. The average Bonchev–Trinajstić information content (AvgIpc) is 3.15. The van der Waals surface area contributed by atoms with Crippen LogP contribution in [0.4, 0.5) is 0 Å². The molecule has 1 aliphatic heterocycles. The molecule has 138 valence electrons. The lowest BCUT2D eigenvalue weighted by atomic mass is 10.2. The number of nitrogens with zero attached hydrogens (tertiary/aromatic N) is 3. The highest BCUT2D eigenvalue weighted by Gasteiger charge is 2.18. The number of carbonyl (C=O) groups is 2. The number of pyridine rings is 1. The first kappa shape index (κ1) is 19.4. The van der Waals surface area contributed by atoms with Crippen molar-refractivity contribution in [2.45, 2.75) is 39.0 Å². The number of ether oxygens (including phenoxy) is 1. The van der Waals surface area contributed by atoms with Gasteiger partial charge in [0, 0.05) is 25.5 Å². The Morgan fingerprint density at radius 1 is 1.24 bits per heavy atom. The molecule has 0 spiro atoms. The van der Waals surface area contributed by atoms with Crippen LogP contribution in [0.2, 0.25) is 0 Å². The summed E-state index contributed by atoms with van der Waals surface area (Å²) in [5.74, 6) is -0.331. The van der Waals surface area contributed by atoms with Crippen molar-refractivity contribution in [2.24, 2.45) is 0 Å². The van der Waals surface area contributed by atoms with E-state index in [2.05, 4.69) is 9.88 Å². The molecular weight excluding hydrogens is 318 g/mol. The van der Waals surface area contributed by atoms with Gasteiger partial charge >= 0.3 is 5.97 Å². The first-order valence-electron chi connectivity index (χ1n) is 9.28. The Labute approximate surface area is 150 Å². The van der Waals surface area contributed by atoms with E-state index < -0.39 is 0 Å². The maximum absolute atomic E-state index is 12.7. The first-order chi connectivity index (χ1) is 12.2. The van der Waals surface area contributed by atoms with E-state index >= 15 is 0 Å². The molecule has 2 rings (SSSR count). The molecule has 0 unspecified atom stereocenters. The van der Waals surface area contributed by atoms with Crippen molar-refractivity contribution in [1.29, 1.82) is 0 Å². The van der Waals surface area contributed by atoms with Gasteiger partial charge in [-0.3, -0.25) is 14.6 Å². The van der Waals surface area contributed by atoms with Crippen molar-refractivity contribution in [1.82, 2.24) is 14.8 Å². The third-order valence-corrected chi connectivity index (χ3v) is 4.44. The van der Waals surface area contributed by atoms with Crippen LogP contribution in [0.5, 0.6) is 0 Å². The van der Waals surface area contributed by atoms with E-state index in [1.165, 1.54) is 25.9 Å². The van der Waals surface area contributed by atoms with Gasteiger partial charge in [0.1, 0.15) is 0 Å². The van der Waals surface area contributed by atoms with Crippen molar-refractivity contribution >= 4 is 11.9 Å². The molecule has 1 saturated heterocycles. The molecule has 1 amide bonds. The van der Waals surface area contributed by atoms with E-state index in [0.29, 0.717) is 25.3 Å². The molecule has 6 heteroatoms. The van der Waals surface area contributed by atoms with Crippen LogP contribution < -0.4 is 0 Å². The first-order valence-corrected chi connectivity index (χ1v) is 9.28. The predicted octanol–water partition coefficient (Wildman–Crippen LogP) is 2.35. The fourth-order valence-electron chi connectivity index (χ4n) is 3.09. The smallest absolute Gasteiger partial charge is 0.307 e. The molecule has 0 bridgehead atoms. The van der Waals surface area contributed by atoms with Gasteiger partial charge in [-0.1, -0.05) is 0 Å². The van der Waals surface area contributed by atoms with Crippen LogP contribution in [0.3, 0.4) is 0 Å². The lowest BCUT2D eigenvalue weighted by Crippen LogP contribution is -2.34. The zero-order valence-corrected chi connectivity index (χ0v) is 15.2. The summed E-state index contributed by atoms with van der Waals surface area (Å²) in [6.07, 6.45) is 8.05. The van der Waals surface area contributed by atoms with Crippen LogP contribution in [0.1, 0.15) is 49.4 Å². The van der Waals surface area contributed by atoms with E-state index in [1.54, 1.807) is 36.4 Å². The number of unbranched alkanes of at least 4 members (excludes halogenated alkanes) is 1. The van der Waals surface area contributed by atoms with E-state index in [-0.39, 0.29) is 18.3 Å². The molecule has 0 radical (unpaired) electrons. The molecule has 0 atom stereocenters. The number of hydrogen-bond acceptors (Lipinski definition) is 5. The lowest BCUT2D eigenvalue weighted by Gasteiger charge is -2.23. The summed E-state index contributed by atoms with van der Waals surface area (Å²) in [4.78, 5) is 32.6. The molecule has 1 aromatic rings.